The molecule has 3 N–H and O–H groups in total. The Labute approximate surface area is 155 Å². The van der Waals surface area contributed by atoms with Gasteiger partial charge in [-0.15, -0.1) is 0 Å². The van der Waals surface area contributed by atoms with E-state index in [9.17, 15) is 9.59 Å². The van der Waals surface area contributed by atoms with Gasteiger partial charge in [0.25, 0.3) is 0 Å². The zero-order valence-corrected chi connectivity index (χ0v) is 15.8. The third-order valence-electron chi connectivity index (χ3n) is 4.15. The minimum atomic E-state index is -1.26. The topological polar surface area (TPSA) is 89.9 Å². The molecule has 1 aliphatic heterocycles. The van der Waals surface area contributed by atoms with Gasteiger partial charge < -0.3 is 15.5 Å². The zero-order chi connectivity index (χ0) is 19.5. The van der Waals surface area contributed by atoms with Gasteiger partial charge in [0, 0.05) is 37.8 Å². The van der Waals surface area contributed by atoms with E-state index in [0.29, 0.717) is 18.2 Å². The number of benzene rings is 1. The van der Waals surface area contributed by atoms with Crippen LogP contribution in [0.3, 0.4) is 0 Å². The second-order valence-electron chi connectivity index (χ2n) is 6.91. The van der Waals surface area contributed by atoms with E-state index in [2.05, 4.69) is 55.3 Å². The molecule has 6 heteroatoms. The quantitative estimate of drug-likeness (QED) is 0.646. The second-order valence-corrected chi connectivity index (χ2v) is 6.91. The van der Waals surface area contributed by atoms with Crippen LogP contribution < -0.4 is 5.32 Å². The molecule has 2 rings (SSSR count). The predicted molar refractivity (Wildman–Crippen MR) is 102 cm³/mol. The molecule has 0 aromatic heterocycles. The summed E-state index contributed by atoms with van der Waals surface area (Å²) in [5.74, 6) is -1.78. The van der Waals surface area contributed by atoms with Gasteiger partial charge in [-0.3, -0.25) is 4.90 Å². The van der Waals surface area contributed by atoms with Crippen LogP contribution in [-0.2, 0) is 16.1 Å². The monoisotopic (exact) mass is 362 g/mol. The maximum absolute atomic E-state index is 9.55. The lowest BCUT2D eigenvalue weighted by atomic mass is 10.1. The Hall–Kier alpha value is -2.18. The molecule has 0 spiro atoms. The Kier molecular flexibility index (Phi) is 9.62. The van der Waals surface area contributed by atoms with Crippen molar-refractivity contribution in [2.45, 2.75) is 39.8 Å². The van der Waals surface area contributed by atoms with Crippen molar-refractivity contribution in [3.63, 3.8) is 0 Å². The van der Waals surface area contributed by atoms with Crippen LogP contribution in [0.2, 0.25) is 0 Å². The van der Waals surface area contributed by atoms with E-state index in [1.807, 2.05) is 0 Å². The number of hydrogen-bond donors (Lipinski definition) is 3. The van der Waals surface area contributed by atoms with Crippen molar-refractivity contribution in [3.8, 4) is 0 Å². The fourth-order valence-electron chi connectivity index (χ4n) is 2.91. The Morgan fingerprint density at radius 2 is 1.85 bits per heavy atom. The number of carboxylic acid groups (broad SMARTS) is 2. The highest BCUT2D eigenvalue weighted by atomic mass is 16.4. The molecule has 0 unspecified atom stereocenters. The van der Waals surface area contributed by atoms with Gasteiger partial charge in [0.1, 0.15) is 0 Å². The molecule has 144 valence electrons. The second kappa shape index (κ2) is 11.4. The Morgan fingerprint density at radius 3 is 2.31 bits per heavy atom. The van der Waals surface area contributed by atoms with E-state index in [-0.39, 0.29) is 0 Å². The third-order valence-corrected chi connectivity index (χ3v) is 4.15. The van der Waals surface area contributed by atoms with E-state index in [1.54, 1.807) is 0 Å². The number of nitrogens with one attached hydrogen (secondary N) is 1. The van der Waals surface area contributed by atoms with Crippen LogP contribution in [0.1, 0.15) is 31.4 Å². The summed E-state index contributed by atoms with van der Waals surface area (Å²) in [5.41, 5.74) is 2.89. The summed E-state index contributed by atoms with van der Waals surface area (Å²) >= 11 is 0. The molecule has 1 aromatic rings. The first-order valence-corrected chi connectivity index (χ1v) is 8.92. The van der Waals surface area contributed by atoms with Crippen LogP contribution >= 0.6 is 0 Å². The van der Waals surface area contributed by atoms with Crippen LogP contribution in [0.4, 0.5) is 0 Å². The molecule has 1 aromatic carbocycles. The van der Waals surface area contributed by atoms with Gasteiger partial charge in [-0.2, -0.15) is 0 Å². The molecular formula is C20H30N2O4. The lowest BCUT2D eigenvalue weighted by Gasteiger charge is -2.30. The van der Waals surface area contributed by atoms with Crippen molar-refractivity contribution in [1.82, 2.24) is 10.2 Å². The summed E-state index contributed by atoms with van der Waals surface area (Å²) in [6.07, 6.45) is 2.41. The van der Waals surface area contributed by atoms with Gasteiger partial charge in [0.2, 0.25) is 0 Å². The van der Waals surface area contributed by atoms with Crippen LogP contribution in [0, 0.1) is 12.8 Å². The van der Waals surface area contributed by atoms with Crippen LogP contribution in [0.15, 0.2) is 36.4 Å². The summed E-state index contributed by atoms with van der Waals surface area (Å²) < 4.78 is 0. The lowest BCUT2D eigenvalue weighted by Crippen LogP contribution is -2.38. The summed E-state index contributed by atoms with van der Waals surface area (Å²) in [4.78, 5) is 21.8. The van der Waals surface area contributed by atoms with E-state index in [1.165, 1.54) is 30.6 Å². The highest BCUT2D eigenvalue weighted by molar-refractivity contribution is 5.89. The molecule has 1 aliphatic rings. The molecule has 1 heterocycles. The van der Waals surface area contributed by atoms with E-state index < -0.39 is 11.9 Å². The molecule has 26 heavy (non-hydrogen) atoms. The lowest BCUT2D eigenvalue weighted by molar-refractivity contribution is -0.134. The van der Waals surface area contributed by atoms with Gasteiger partial charge in [-0.1, -0.05) is 38.1 Å². The Balaban J connectivity index is 0.000000359. The number of carbonyl (C=O) groups is 2. The highest BCUT2D eigenvalue weighted by Gasteiger charge is 2.23. The van der Waals surface area contributed by atoms with Gasteiger partial charge in [0.05, 0.1) is 0 Å². The maximum atomic E-state index is 9.55. The van der Waals surface area contributed by atoms with Crippen molar-refractivity contribution < 1.29 is 19.8 Å². The summed E-state index contributed by atoms with van der Waals surface area (Å²) in [5, 5.41) is 19.1. The average Bonchev–Trinajstić information content (AvgIpc) is 3.09. The highest BCUT2D eigenvalue weighted by Crippen LogP contribution is 2.17. The van der Waals surface area contributed by atoms with Crippen LogP contribution in [0.5, 0.6) is 0 Å². The molecule has 1 fully saturated rings. The van der Waals surface area contributed by atoms with Gasteiger partial charge in [-0.05, 0) is 36.9 Å². The minimum Gasteiger partial charge on any atom is -0.478 e. The van der Waals surface area contributed by atoms with Crippen molar-refractivity contribution in [2.24, 2.45) is 5.92 Å². The number of carboxylic acids is 2. The molecular weight excluding hydrogens is 332 g/mol. The maximum Gasteiger partial charge on any atom is 0.328 e. The SMILES string of the molecule is Cc1ccccc1CN(CC(C)C)[C@H]1CCNC1.O=C(O)/C=C/C(=O)O. The van der Waals surface area contributed by atoms with E-state index in [4.69, 9.17) is 10.2 Å². The number of aryl methyl sites for hydroxylation is 1. The van der Waals surface area contributed by atoms with Crippen molar-refractivity contribution in [1.29, 1.82) is 0 Å². The van der Waals surface area contributed by atoms with E-state index in [0.717, 1.165) is 19.0 Å². The molecule has 1 atom stereocenters. The molecule has 0 radical (unpaired) electrons. The Bertz CT molecular complexity index is 592. The van der Waals surface area contributed by atoms with Gasteiger partial charge >= 0.3 is 11.9 Å². The summed E-state index contributed by atoms with van der Waals surface area (Å²) in [7, 11) is 0. The van der Waals surface area contributed by atoms with Crippen molar-refractivity contribution >= 4 is 11.9 Å². The van der Waals surface area contributed by atoms with Crippen LogP contribution in [0.25, 0.3) is 0 Å². The standard InChI is InChI=1S/C16H26N2.C4H4O4/c1-13(2)11-18(16-8-9-17-10-16)12-15-7-5-4-6-14(15)3;5-3(6)1-2-4(7)8/h4-7,13,16-17H,8-12H2,1-3H3;1-2H,(H,5,6)(H,7,8)/b;2-1+/t16-;/m0./s1. The third kappa shape index (κ3) is 8.78. The first kappa shape index (κ1) is 21.9. The number of aliphatic carboxylic acids is 2. The average molecular weight is 362 g/mol. The Morgan fingerprint density at radius 1 is 1.23 bits per heavy atom. The van der Waals surface area contributed by atoms with Gasteiger partial charge in [0.15, 0.2) is 0 Å². The zero-order valence-electron chi connectivity index (χ0n) is 15.8. The molecule has 0 amide bonds. The van der Waals surface area contributed by atoms with Crippen molar-refractivity contribution in [3.05, 3.63) is 47.5 Å². The fraction of sp³-hybridized carbons (Fsp3) is 0.500. The van der Waals surface area contributed by atoms with Crippen molar-refractivity contribution in [2.75, 3.05) is 19.6 Å². The fourth-order valence-corrected chi connectivity index (χ4v) is 2.91. The number of hydrogen-bond acceptors (Lipinski definition) is 4. The largest absolute Gasteiger partial charge is 0.478 e. The summed E-state index contributed by atoms with van der Waals surface area (Å²) in [6.45, 7) is 11.5. The van der Waals surface area contributed by atoms with Crippen LogP contribution in [-0.4, -0.2) is 52.7 Å². The molecule has 0 bridgehead atoms. The first-order valence-electron chi connectivity index (χ1n) is 8.92. The first-order chi connectivity index (χ1) is 12.3. The molecule has 0 aliphatic carbocycles. The predicted octanol–water partition coefficient (Wildman–Crippen LogP) is 2.53. The molecule has 6 nitrogen and oxygen atoms in total. The van der Waals surface area contributed by atoms with Gasteiger partial charge in [-0.25, -0.2) is 9.59 Å². The molecule has 1 saturated heterocycles. The number of rotatable bonds is 7. The smallest absolute Gasteiger partial charge is 0.328 e. The minimum absolute atomic E-state index is 0.558. The molecule has 0 saturated carbocycles. The van der Waals surface area contributed by atoms with E-state index >= 15 is 0 Å². The normalized spacial score (nSPS) is 16.7. The summed E-state index contributed by atoms with van der Waals surface area (Å²) in [6, 6.07) is 9.49. The number of nitrogens with zero attached hydrogens (tertiary/aromatic N) is 1.